The molecule has 2 aromatic heterocycles. The van der Waals surface area contributed by atoms with E-state index in [-0.39, 0.29) is 0 Å². The molecule has 4 rings (SSSR count). The molecule has 0 atom stereocenters. The normalized spacial score (nSPS) is 11.1. The first kappa shape index (κ1) is 19.2. The van der Waals surface area contributed by atoms with Gasteiger partial charge >= 0.3 is 0 Å². The second kappa shape index (κ2) is 8.46. The van der Waals surface area contributed by atoms with Gasteiger partial charge in [0.15, 0.2) is 5.76 Å². The Kier molecular flexibility index (Phi) is 5.59. The Balaban J connectivity index is 1.63. The Morgan fingerprint density at radius 3 is 2.45 bits per heavy atom. The highest BCUT2D eigenvalue weighted by molar-refractivity contribution is 7.71. The predicted molar refractivity (Wildman–Crippen MR) is 115 cm³/mol. The van der Waals surface area contributed by atoms with E-state index in [1.807, 2.05) is 70.9 Å². The highest BCUT2D eigenvalue weighted by Crippen LogP contribution is 2.23. The summed E-state index contributed by atoms with van der Waals surface area (Å²) in [6.45, 7) is 1.32. The van der Waals surface area contributed by atoms with Crippen LogP contribution in [-0.2, 0) is 13.2 Å². The number of hydrogen-bond acceptors (Lipinski definition) is 5. The zero-order valence-corrected chi connectivity index (χ0v) is 17.2. The molecule has 29 heavy (non-hydrogen) atoms. The van der Waals surface area contributed by atoms with Crippen molar-refractivity contribution in [3.63, 3.8) is 0 Å². The van der Waals surface area contributed by atoms with E-state index in [0.29, 0.717) is 23.0 Å². The van der Waals surface area contributed by atoms with Crippen LogP contribution < -0.4 is 4.74 Å². The molecule has 0 radical (unpaired) electrons. The maximum atomic E-state index is 5.76. The molecule has 0 saturated carbocycles. The molecule has 0 aliphatic rings. The maximum absolute atomic E-state index is 5.76. The lowest BCUT2D eigenvalue weighted by Crippen LogP contribution is -2.22. The van der Waals surface area contributed by atoms with Gasteiger partial charge in [0.1, 0.15) is 5.75 Å². The topological polar surface area (TPSA) is 48.4 Å². The van der Waals surface area contributed by atoms with E-state index in [9.17, 15) is 0 Å². The summed E-state index contributed by atoms with van der Waals surface area (Å²) in [7, 11) is 3.71. The third-order valence-corrected chi connectivity index (χ3v) is 4.98. The summed E-state index contributed by atoms with van der Waals surface area (Å²) >= 11 is 5.76. The van der Waals surface area contributed by atoms with Crippen LogP contribution in [0, 0.1) is 4.77 Å². The fourth-order valence-electron chi connectivity index (χ4n) is 3.20. The number of aromatic nitrogens is 3. The molecule has 2 heterocycles. The Hall–Kier alpha value is -3.16. The highest BCUT2D eigenvalue weighted by Gasteiger charge is 2.17. The molecule has 6 nitrogen and oxygen atoms in total. The number of benzene rings is 2. The Labute approximate surface area is 174 Å². The zero-order chi connectivity index (χ0) is 20.2. The molecule has 0 aliphatic carbocycles. The molecule has 0 bridgehead atoms. The van der Waals surface area contributed by atoms with Crippen LogP contribution in [0.5, 0.6) is 5.75 Å². The molecule has 2 aromatic carbocycles. The molecule has 4 aromatic rings. The van der Waals surface area contributed by atoms with Gasteiger partial charge in [0.2, 0.25) is 10.6 Å². The summed E-state index contributed by atoms with van der Waals surface area (Å²) in [5.41, 5.74) is 2.14. The summed E-state index contributed by atoms with van der Waals surface area (Å²) in [6, 6.07) is 21.8. The highest BCUT2D eigenvalue weighted by atomic mass is 32.1. The Morgan fingerprint density at radius 2 is 1.79 bits per heavy atom. The van der Waals surface area contributed by atoms with Gasteiger partial charge in [0.25, 0.3) is 0 Å². The van der Waals surface area contributed by atoms with Gasteiger partial charge in [0, 0.05) is 6.54 Å². The van der Waals surface area contributed by atoms with E-state index in [0.717, 1.165) is 18.0 Å². The van der Waals surface area contributed by atoms with Crippen LogP contribution in [0.15, 0.2) is 77.4 Å². The van der Waals surface area contributed by atoms with Crippen molar-refractivity contribution in [3.05, 3.63) is 83.3 Å². The van der Waals surface area contributed by atoms with Crippen LogP contribution in [0.3, 0.4) is 0 Å². The Morgan fingerprint density at radius 1 is 1.03 bits per heavy atom. The Bertz CT molecular complexity index is 1120. The van der Waals surface area contributed by atoms with Gasteiger partial charge in [-0.1, -0.05) is 30.3 Å². The molecule has 0 amide bonds. The van der Waals surface area contributed by atoms with E-state index in [2.05, 4.69) is 17.0 Å². The summed E-state index contributed by atoms with van der Waals surface area (Å²) < 4.78 is 15.2. The van der Waals surface area contributed by atoms with E-state index < -0.39 is 0 Å². The summed E-state index contributed by atoms with van der Waals surface area (Å²) in [5.74, 6) is 2.21. The lowest BCUT2D eigenvalue weighted by Gasteiger charge is -2.16. The van der Waals surface area contributed by atoms with Crippen molar-refractivity contribution in [1.82, 2.24) is 19.2 Å². The lowest BCUT2D eigenvalue weighted by molar-refractivity contribution is 0.244. The molecule has 0 N–H and O–H groups in total. The predicted octanol–water partition coefficient (Wildman–Crippen LogP) is 4.76. The molecule has 0 spiro atoms. The lowest BCUT2D eigenvalue weighted by atomic mass is 10.2. The molecule has 0 aliphatic heterocycles. The van der Waals surface area contributed by atoms with Crippen LogP contribution in [0.2, 0.25) is 0 Å². The minimum absolute atomic E-state index is 0.554. The standard InChI is InChI=1S/C22H22N4O2S/c1-24(15-17-10-12-19(27-2)13-11-17)16-25-22(29)26(18-7-4-3-5-8-18)21(23-25)20-9-6-14-28-20/h3-14H,15-16H2,1-2H3. The van der Waals surface area contributed by atoms with Crippen molar-refractivity contribution in [1.29, 1.82) is 0 Å². The quantitative estimate of drug-likeness (QED) is 0.414. The zero-order valence-electron chi connectivity index (χ0n) is 16.4. The second-order valence-electron chi connectivity index (χ2n) is 6.76. The molecular formula is C22H22N4O2S. The van der Waals surface area contributed by atoms with Crippen molar-refractivity contribution in [2.75, 3.05) is 14.2 Å². The first-order valence-corrected chi connectivity index (χ1v) is 9.67. The molecule has 148 valence electrons. The van der Waals surface area contributed by atoms with Crippen LogP contribution in [0.4, 0.5) is 0 Å². The van der Waals surface area contributed by atoms with Crippen molar-refractivity contribution in [3.8, 4) is 23.0 Å². The first-order valence-electron chi connectivity index (χ1n) is 9.26. The molecule has 0 unspecified atom stereocenters. The van der Waals surface area contributed by atoms with Crippen LogP contribution in [0.1, 0.15) is 5.56 Å². The van der Waals surface area contributed by atoms with E-state index >= 15 is 0 Å². The van der Waals surface area contributed by atoms with Crippen molar-refractivity contribution in [2.45, 2.75) is 13.2 Å². The number of ether oxygens (including phenoxy) is 1. The van der Waals surface area contributed by atoms with Gasteiger partial charge < -0.3 is 9.15 Å². The third kappa shape index (κ3) is 4.16. The molecule has 0 saturated heterocycles. The molecule has 7 heteroatoms. The van der Waals surface area contributed by atoms with Crippen molar-refractivity contribution >= 4 is 12.2 Å². The van der Waals surface area contributed by atoms with Crippen LogP contribution >= 0.6 is 12.2 Å². The second-order valence-corrected chi connectivity index (χ2v) is 7.12. The van der Waals surface area contributed by atoms with E-state index in [1.54, 1.807) is 13.4 Å². The maximum Gasteiger partial charge on any atom is 0.204 e. The fourth-order valence-corrected chi connectivity index (χ4v) is 3.49. The van der Waals surface area contributed by atoms with Crippen LogP contribution in [0.25, 0.3) is 17.3 Å². The SMILES string of the molecule is COc1ccc(CN(C)Cn2nc(-c3ccco3)n(-c3ccccc3)c2=S)cc1. The molecule has 0 fully saturated rings. The van der Waals surface area contributed by atoms with Gasteiger partial charge in [0.05, 0.1) is 25.7 Å². The summed E-state index contributed by atoms with van der Waals surface area (Å²) in [5, 5.41) is 4.76. The van der Waals surface area contributed by atoms with Gasteiger partial charge in [-0.25, -0.2) is 4.68 Å². The summed E-state index contributed by atoms with van der Waals surface area (Å²) in [4.78, 5) is 2.16. The van der Waals surface area contributed by atoms with Crippen molar-refractivity contribution in [2.24, 2.45) is 0 Å². The average molecular weight is 407 g/mol. The monoisotopic (exact) mass is 406 g/mol. The van der Waals surface area contributed by atoms with E-state index in [4.69, 9.17) is 26.5 Å². The van der Waals surface area contributed by atoms with Crippen LogP contribution in [-0.4, -0.2) is 33.4 Å². The number of nitrogens with zero attached hydrogens (tertiary/aromatic N) is 4. The number of para-hydroxylation sites is 1. The van der Waals surface area contributed by atoms with E-state index in [1.165, 1.54) is 5.56 Å². The number of furan rings is 1. The van der Waals surface area contributed by atoms with Gasteiger partial charge in [-0.15, -0.1) is 5.10 Å². The van der Waals surface area contributed by atoms with Gasteiger partial charge in [-0.05, 0) is 61.2 Å². The first-order chi connectivity index (χ1) is 14.2. The third-order valence-electron chi connectivity index (χ3n) is 4.58. The van der Waals surface area contributed by atoms with Gasteiger partial charge in [-0.3, -0.25) is 9.47 Å². The smallest absolute Gasteiger partial charge is 0.204 e. The van der Waals surface area contributed by atoms with Gasteiger partial charge in [-0.2, -0.15) is 0 Å². The average Bonchev–Trinajstić information content (AvgIpc) is 3.38. The summed E-state index contributed by atoms with van der Waals surface area (Å²) in [6.07, 6.45) is 1.64. The number of methoxy groups -OCH3 is 1. The van der Waals surface area contributed by atoms with Crippen molar-refractivity contribution < 1.29 is 9.15 Å². The number of rotatable bonds is 7. The minimum Gasteiger partial charge on any atom is -0.497 e. The minimum atomic E-state index is 0.554. The number of hydrogen-bond donors (Lipinski definition) is 0. The fraction of sp³-hybridized carbons (Fsp3) is 0.182. The largest absolute Gasteiger partial charge is 0.497 e. The molecular weight excluding hydrogens is 384 g/mol.